The van der Waals surface area contributed by atoms with Crippen molar-refractivity contribution in [1.82, 2.24) is 5.32 Å². The number of para-hydroxylation sites is 1. The molecular weight excluding hydrogens is 296 g/mol. The number of nitrogens with zero attached hydrogens (tertiary/aromatic N) is 1. The minimum atomic E-state index is 0.0349. The van der Waals surface area contributed by atoms with E-state index in [1.807, 2.05) is 61.5 Å². The van der Waals surface area contributed by atoms with E-state index in [-0.39, 0.29) is 5.91 Å². The number of hydrogen-bond acceptors (Lipinski definition) is 2. The molecule has 2 aromatic rings. The highest BCUT2D eigenvalue weighted by atomic mass is 35.5. The second kappa shape index (κ2) is 8.44. The molecule has 0 aromatic heterocycles. The van der Waals surface area contributed by atoms with Crippen LogP contribution in [0.5, 0.6) is 0 Å². The predicted octanol–water partition coefficient (Wildman–Crippen LogP) is 3.53. The fourth-order valence-electron chi connectivity index (χ4n) is 2.29. The zero-order chi connectivity index (χ0) is 15.8. The van der Waals surface area contributed by atoms with Crippen LogP contribution in [0.4, 0.5) is 5.69 Å². The second-order valence-corrected chi connectivity index (χ2v) is 5.52. The molecule has 0 bridgehead atoms. The average molecular weight is 317 g/mol. The fourth-order valence-corrected chi connectivity index (χ4v) is 2.51. The Morgan fingerprint density at radius 3 is 2.59 bits per heavy atom. The number of nitrogens with one attached hydrogen (secondary N) is 1. The molecule has 0 unspecified atom stereocenters. The summed E-state index contributed by atoms with van der Waals surface area (Å²) >= 11 is 5.95. The van der Waals surface area contributed by atoms with Crippen molar-refractivity contribution < 1.29 is 4.79 Å². The van der Waals surface area contributed by atoms with Gasteiger partial charge in [-0.2, -0.15) is 0 Å². The summed E-state index contributed by atoms with van der Waals surface area (Å²) in [5.41, 5.74) is 2.19. The van der Waals surface area contributed by atoms with E-state index in [2.05, 4.69) is 10.2 Å². The summed E-state index contributed by atoms with van der Waals surface area (Å²) in [4.78, 5) is 14.1. The molecule has 2 rings (SSSR count). The molecule has 0 fully saturated rings. The summed E-state index contributed by atoms with van der Waals surface area (Å²) in [7, 11) is 0. The van der Waals surface area contributed by atoms with Crippen LogP contribution < -0.4 is 10.2 Å². The van der Waals surface area contributed by atoms with E-state index < -0.39 is 0 Å². The molecule has 3 nitrogen and oxygen atoms in total. The molecule has 0 aliphatic carbocycles. The minimum absolute atomic E-state index is 0.0349. The smallest absolute Gasteiger partial charge is 0.239 e. The van der Waals surface area contributed by atoms with Gasteiger partial charge < -0.3 is 10.2 Å². The lowest BCUT2D eigenvalue weighted by Gasteiger charge is -2.22. The number of carbonyl (C=O) groups excluding carboxylic acids is 1. The molecule has 4 heteroatoms. The van der Waals surface area contributed by atoms with Crippen LogP contribution in [0, 0.1) is 0 Å². The van der Waals surface area contributed by atoms with Gasteiger partial charge in [-0.05, 0) is 43.2 Å². The van der Waals surface area contributed by atoms with Gasteiger partial charge in [0, 0.05) is 23.8 Å². The molecule has 0 radical (unpaired) electrons. The van der Waals surface area contributed by atoms with Crippen LogP contribution in [0.3, 0.4) is 0 Å². The number of benzene rings is 2. The predicted molar refractivity (Wildman–Crippen MR) is 92.5 cm³/mol. The van der Waals surface area contributed by atoms with Gasteiger partial charge in [0.25, 0.3) is 0 Å². The molecule has 1 N–H and O–H groups in total. The summed E-state index contributed by atoms with van der Waals surface area (Å²) in [5, 5.41) is 3.69. The highest BCUT2D eigenvalue weighted by Crippen LogP contribution is 2.12. The molecule has 22 heavy (non-hydrogen) atoms. The second-order valence-electron chi connectivity index (χ2n) is 5.08. The normalized spacial score (nSPS) is 10.3. The Morgan fingerprint density at radius 2 is 1.91 bits per heavy atom. The van der Waals surface area contributed by atoms with E-state index in [4.69, 9.17) is 11.6 Å². The van der Waals surface area contributed by atoms with Crippen molar-refractivity contribution in [2.75, 3.05) is 24.5 Å². The summed E-state index contributed by atoms with van der Waals surface area (Å²) in [5.74, 6) is 0.0349. The number of rotatable bonds is 7. The highest BCUT2D eigenvalue weighted by Gasteiger charge is 2.09. The number of anilines is 1. The SMILES string of the molecule is CCN(CC(=O)NCCc1cccc(Cl)c1)c1ccccc1. The van der Waals surface area contributed by atoms with Crippen molar-refractivity contribution in [1.29, 1.82) is 0 Å². The Labute approximate surface area is 136 Å². The quantitative estimate of drug-likeness (QED) is 0.847. The van der Waals surface area contributed by atoms with E-state index in [0.29, 0.717) is 13.1 Å². The lowest BCUT2D eigenvalue weighted by atomic mass is 10.1. The molecule has 0 atom stereocenters. The minimum Gasteiger partial charge on any atom is -0.363 e. The molecule has 0 aliphatic rings. The number of hydrogen-bond donors (Lipinski definition) is 1. The van der Waals surface area contributed by atoms with Gasteiger partial charge in [-0.1, -0.05) is 41.9 Å². The van der Waals surface area contributed by atoms with Crippen molar-refractivity contribution in [2.24, 2.45) is 0 Å². The highest BCUT2D eigenvalue weighted by molar-refractivity contribution is 6.30. The number of halogens is 1. The maximum absolute atomic E-state index is 12.1. The van der Waals surface area contributed by atoms with Gasteiger partial charge in [-0.15, -0.1) is 0 Å². The fraction of sp³-hybridized carbons (Fsp3) is 0.278. The standard InChI is InChI=1S/C18H21ClN2O/c1-2-21(17-9-4-3-5-10-17)14-18(22)20-12-11-15-7-6-8-16(19)13-15/h3-10,13H,2,11-12,14H2,1H3,(H,20,22). The lowest BCUT2D eigenvalue weighted by molar-refractivity contribution is -0.119. The summed E-state index contributed by atoms with van der Waals surface area (Å²) in [6, 6.07) is 17.7. The Bertz CT molecular complexity index is 601. The third-order valence-corrected chi connectivity index (χ3v) is 3.70. The first-order chi connectivity index (χ1) is 10.7. The van der Waals surface area contributed by atoms with Crippen molar-refractivity contribution in [3.8, 4) is 0 Å². The number of likely N-dealkylation sites (N-methyl/N-ethyl adjacent to an activating group) is 1. The van der Waals surface area contributed by atoms with Gasteiger partial charge in [0.05, 0.1) is 6.54 Å². The van der Waals surface area contributed by atoms with Crippen LogP contribution >= 0.6 is 11.6 Å². The molecule has 0 spiro atoms. The van der Waals surface area contributed by atoms with Gasteiger partial charge in [-0.3, -0.25) is 4.79 Å². The van der Waals surface area contributed by atoms with E-state index >= 15 is 0 Å². The van der Waals surface area contributed by atoms with E-state index in [9.17, 15) is 4.79 Å². The molecule has 0 saturated carbocycles. The van der Waals surface area contributed by atoms with Crippen LogP contribution in [0.15, 0.2) is 54.6 Å². The monoisotopic (exact) mass is 316 g/mol. The Morgan fingerprint density at radius 1 is 1.14 bits per heavy atom. The Hall–Kier alpha value is -2.00. The molecule has 0 aliphatic heterocycles. The Kier molecular flexibility index (Phi) is 6.28. The largest absolute Gasteiger partial charge is 0.363 e. The van der Waals surface area contributed by atoms with Crippen molar-refractivity contribution >= 4 is 23.2 Å². The third-order valence-electron chi connectivity index (χ3n) is 3.46. The first-order valence-electron chi connectivity index (χ1n) is 7.50. The van der Waals surface area contributed by atoms with Crippen LogP contribution in [0.25, 0.3) is 0 Å². The lowest BCUT2D eigenvalue weighted by Crippen LogP contribution is -2.38. The summed E-state index contributed by atoms with van der Waals surface area (Å²) in [6.07, 6.45) is 0.782. The van der Waals surface area contributed by atoms with E-state index in [1.54, 1.807) is 0 Å². The van der Waals surface area contributed by atoms with Gasteiger partial charge in [0.1, 0.15) is 0 Å². The summed E-state index contributed by atoms with van der Waals surface area (Å²) < 4.78 is 0. The van der Waals surface area contributed by atoms with Crippen molar-refractivity contribution in [2.45, 2.75) is 13.3 Å². The van der Waals surface area contributed by atoms with Gasteiger partial charge in [0.15, 0.2) is 0 Å². The first-order valence-corrected chi connectivity index (χ1v) is 7.88. The topological polar surface area (TPSA) is 32.3 Å². The van der Waals surface area contributed by atoms with Crippen molar-refractivity contribution in [3.63, 3.8) is 0 Å². The van der Waals surface area contributed by atoms with Gasteiger partial charge >= 0.3 is 0 Å². The molecule has 116 valence electrons. The van der Waals surface area contributed by atoms with Gasteiger partial charge in [0.2, 0.25) is 5.91 Å². The molecular formula is C18H21ClN2O. The molecule has 0 heterocycles. The zero-order valence-electron chi connectivity index (χ0n) is 12.8. The van der Waals surface area contributed by atoms with Crippen molar-refractivity contribution in [3.05, 3.63) is 65.2 Å². The van der Waals surface area contributed by atoms with E-state index in [0.717, 1.165) is 29.2 Å². The average Bonchev–Trinajstić information content (AvgIpc) is 2.53. The van der Waals surface area contributed by atoms with Crippen LogP contribution in [0.2, 0.25) is 5.02 Å². The molecule has 0 saturated heterocycles. The van der Waals surface area contributed by atoms with Crippen LogP contribution in [-0.4, -0.2) is 25.5 Å². The first kappa shape index (κ1) is 16.4. The summed E-state index contributed by atoms with van der Waals surface area (Å²) in [6.45, 7) is 3.83. The maximum atomic E-state index is 12.1. The third kappa shape index (κ3) is 5.08. The van der Waals surface area contributed by atoms with Gasteiger partial charge in [-0.25, -0.2) is 0 Å². The van der Waals surface area contributed by atoms with Crippen LogP contribution in [0.1, 0.15) is 12.5 Å². The van der Waals surface area contributed by atoms with Crippen LogP contribution in [-0.2, 0) is 11.2 Å². The number of amides is 1. The number of carbonyl (C=O) groups is 1. The maximum Gasteiger partial charge on any atom is 0.239 e. The zero-order valence-corrected chi connectivity index (χ0v) is 13.5. The Balaban J connectivity index is 1.80. The van der Waals surface area contributed by atoms with E-state index in [1.165, 1.54) is 0 Å². The molecule has 2 aromatic carbocycles. The molecule has 1 amide bonds.